The summed E-state index contributed by atoms with van der Waals surface area (Å²) in [6, 6.07) is 7.11. The van der Waals surface area contributed by atoms with Crippen molar-refractivity contribution in [3.8, 4) is 11.4 Å². The third-order valence-corrected chi connectivity index (χ3v) is 3.12. The molecule has 0 radical (unpaired) electrons. The summed E-state index contributed by atoms with van der Waals surface area (Å²) in [4.78, 5) is 12.6. The van der Waals surface area contributed by atoms with Crippen molar-refractivity contribution in [3.63, 3.8) is 0 Å². The summed E-state index contributed by atoms with van der Waals surface area (Å²) >= 11 is 0. The van der Waals surface area contributed by atoms with E-state index in [1.54, 1.807) is 24.3 Å². The number of ether oxygens (including phenoxy) is 1. The van der Waals surface area contributed by atoms with Crippen LogP contribution in [0.15, 0.2) is 29.1 Å². The molecule has 0 spiro atoms. The molecule has 8 heteroatoms. The Morgan fingerprint density at radius 1 is 1.27 bits per heavy atom. The molecule has 3 rings (SSSR count). The number of aromatic amines is 1. The number of hydrogen-bond acceptors (Lipinski definition) is 6. The summed E-state index contributed by atoms with van der Waals surface area (Å²) in [6.45, 7) is 5.09. The highest BCUT2D eigenvalue weighted by atomic mass is 16.5. The predicted octanol–water partition coefficient (Wildman–Crippen LogP) is 1.33. The lowest BCUT2D eigenvalue weighted by molar-refractivity contribution is 0.340. The van der Waals surface area contributed by atoms with Crippen molar-refractivity contribution in [1.82, 2.24) is 25.2 Å². The van der Waals surface area contributed by atoms with Crippen molar-refractivity contribution in [3.05, 3.63) is 34.6 Å². The quantitative estimate of drug-likeness (QED) is 0.738. The van der Waals surface area contributed by atoms with Crippen molar-refractivity contribution in [2.24, 2.45) is 0 Å². The van der Waals surface area contributed by atoms with Crippen LogP contribution >= 0.6 is 0 Å². The van der Waals surface area contributed by atoms with E-state index >= 15 is 0 Å². The lowest BCUT2D eigenvalue weighted by atomic mass is 10.3. The first-order valence-corrected chi connectivity index (χ1v) is 7.05. The first kappa shape index (κ1) is 14.1. The van der Waals surface area contributed by atoms with Gasteiger partial charge in [-0.05, 0) is 38.1 Å². The zero-order valence-corrected chi connectivity index (χ0v) is 12.3. The topological polar surface area (TPSA) is 97.7 Å². The van der Waals surface area contributed by atoms with Crippen molar-refractivity contribution in [2.75, 3.05) is 18.5 Å². The van der Waals surface area contributed by atoms with Gasteiger partial charge >= 0.3 is 0 Å². The number of nitrogens with zero attached hydrogens (tertiary/aromatic N) is 4. The first-order chi connectivity index (χ1) is 10.7. The molecule has 2 aromatic heterocycles. The summed E-state index contributed by atoms with van der Waals surface area (Å²) in [6.07, 6.45) is 0. The van der Waals surface area contributed by atoms with E-state index in [9.17, 15) is 4.79 Å². The highest BCUT2D eigenvalue weighted by Gasteiger charge is 2.14. The smallest absolute Gasteiger partial charge is 0.287 e. The molecule has 0 aliphatic carbocycles. The van der Waals surface area contributed by atoms with Crippen LogP contribution in [0.1, 0.15) is 13.8 Å². The van der Waals surface area contributed by atoms with Gasteiger partial charge in [0.05, 0.1) is 12.3 Å². The molecule has 0 aliphatic rings. The number of H-pyrrole nitrogens is 1. The van der Waals surface area contributed by atoms with Crippen LogP contribution in [0.2, 0.25) is 0 Å². The average molecular weight is 300 g/mol. The molecule has 0 fully saturated rings. The minimum Gasteiger partial charge on any atom is -0.494 e. The van der Waals surface area contributed by atoms with E-state index in [2.05, 4.69) is 25.8 Å². The third-order valence-electron chi connectivity index (χ3n) is 3.12. The maximum Gasteiger partial charge on any atom is 0.287 e. The van der Waals surface area contributed by atoms with E-state index in [1.807, 2.05) is 13.8 Å². The fourth-order valence-electron chi connectivity index (χ4n) is 2.16. The molecule has 3 aromatic rings. The van der Waals surface area contributed by atoms with Gasteiger partial charge in [0.25, 0.3) is 5.56 Å². The third kappa shape index (κ3) is 2.39. The zero-order valence-electron chi connectivity index (χ0n) is 12.3. The van der Waals surface area contributed by atoms with Gasteiger partial charge in [0.15, 0.2) is 11.5 Å². The second kappa shape index (κ2) is 5.84. The Hall–Kier alpha value is -2.90. The number of rotatable bonds is 5. The monoisotopic (exact) mass is 300 g/mol. The molecule has 0 bridgehead atoms. The predicted molar refractivity (Wildman–Crippen MR) is 82.6 cm³/mol. The van der Waals surface area contributed by atoms with Crippen molar-refractivity contribution in [2.45, 2.75) is 13.8 Å². The van der Waals surface area contributed by atoms with Crippen LogP contribution in [-0.4, -0.2) is 38.3 Å². The van der Waals surface area contributed by atoms with E-state index in [1.165, 1.54) is 4.68 Å². The number of aromatic nitrogens is 5. The molecule has 0 aliphatic heterocycles. The lowest BCUT2D eigenvalue weighted by Crippen LogP contribution is -2.22. The number of benzene rings is 1. The van der Waals surface area contributed by atoms with Crippen LogP contribution in [0.25, 0.3) is 16.7 Å². The highest BCUT2D eigenvalue weighted by molar-refractivity contribution is 5.85. The number of fused-ring (bicyclic) bond motifs is 1. The van der Waals surface area contributed by atoms with Crippen molar-refractivity contribution < 1.29 is 4.74 Å². The zero-order chi connectivity index (χ0) is 15.5. The molecule has 0 amide bonds. The van der Waals surface area contributed by atoms with Gasteiger partial charge in [0, 0.05) is 6.54 Å². The van der Waals surface area contributed by atoms with Gasteiger partial charge in [-0.1, -0.05) is 5.21 Å². The van der Waals surface area contributed by atoms with Gasteiger partial charge in [0.1, 0.15) is 11.1 Å². The Bertz CT molecular complexity index is 837. The van der Waals surface area contributed by atoms with Gasteiger partial charge in [-0.3, -0.25) is 9.89 Å². The molecule has 0 saturated carbocycles. The largest absolute Gasteiger partial charge is 0.494 e. The normalized spacial score (nSPS) is 10.8. The van der Waals surface area contributed by atoms with E-state index in [0.717, 1.165) is 5.75 Å². The van der Waals surface area contributed by atoms with Crippen LogP contribution < -0.4 is 15.6 Å². The number of hydrogen-bond donors (Lipinski definition) is 2. The molecule has 1 aromatic carbocycles. The van der Waals surface area contributed by atoms with Crippen LogP contribution in [0.4, 0.5) is 5.82 Å². The molecule has 2 heterocycles. The van der Waals surface area contributed by atoms with Gasteiger partial charge < -0.3 is 10.1 Å². The molecule has 0 atom stereocenters. The fraction of sp³-hybridized carbons (Fsp3) is 0.286. The lowest BCUT2D eigenvalue weighted by Gasteiger charge is -2.06. The number of anilines is 1. The second-order valence-corrected chi connectivity index (χ2v) is 4.56. The molecular weight excluding hydrogens is 284 g/mol. The van der Waals surface area contributed by atoms with Gasteiger partial charge in [-0.15, -0.1) is 5.10 Å². The Morgan fingerprint density at radius 3 is 2.73 bits per heavy atom. The summed E-state index contributed by atoms with van der Waals surface area (Å²) in [5, 5.41) is 18.1. The molecule has 8 nitrogen and oxygen atoms in total. The first-order valence-electron chi connectivity index (χ1n) is 7.05. The number of nitrogens with one attached hydrogen (secondary N) is 2. The van der Waals surface area contributed by atoms with Crippen molar-refractivity contribution in [1.29, 1.82) is 0 Å². The van der Waals surface area contributed by atoms with E-state index in [-0.39, 0.29) is 5.56 Å². The Morgan fingerprint density at radius 2 is 2.05 bits per heavy atom. The molecule has 0 saturated heterocycles. The summed E-state index contributed by atoms with van der Waals surface area (Å²) < 4.78 is 6.63. The van der Waals surface area contributed by atoms with Crippen molar-refractivity contribution >= 4 is 16.9 Å². The Kier molecular flexibility index (Phi) is 3.73. The van der Waals surface area contributed by atoms with E-state index < -0.39 is 0 Å². The maximum absolute atomic E-state index is 12.6. The molecular formula is C14H16N6O2. The van der Waals surface area contributed by atoms with E-state index in [4.69, 9.17) is 4.74 Å². The van der Waals surface area contributed by atoms with Gasteiger partial charge in [0.2, 0.25) is 0 Å². The minimum atomic E-state index is -0.279. The SMILES string of the molecule is CCNc1n[nH]c2nnn(-c3ccc(OCC)cc3)c(=O)c12. The van der Waals surface area contributed by atoms with Crippen LogP contribution in [-0.2, 0) is 0 Å². The average Bonchev–Trinajstić information content (AvgIpc) is 2.94. The minimum absolute atomic E-state index is 0.279. The van der Waals surface area contributed by atoms with Crippen LogP contribution in [0, 0.1) is 0 Å². The molecule has 114 valence electrons. The van der Waals surface area contributed by atoms with Crippen LogP contribution in [0.3, 0.4) is 0 Å². The highest BCUT2D eigenvalue weighted by Crippen LogP contribution is 2.16. The Balaban J connectivity index is 2.08. The van der Waals surface area contributed by atoms with Gasteiger partial charge in [-0.25, -0.2) is 0 Å². The molecule has 2 N–H and O–H groups in total. The van der Waals surface area contributed by atoms with Crippen LogP contribution in [0.5, 0.6) is 5.75 Å². The molecule has 22 heavy (non-hydrogen) atoms. The Labute approximate surface area is 126 Å². The molecule has 0 unspecified atom stereocenters. The van der Waals surface area contributed by atoms with E-state index in [0.29, 0.717) is 35.7 Å². The standard InChI is InChI=1S/C14H16N6O2/c1-3-15-12-11-13(17-16-12)18-19-20(14(11)21)9-5-7-10(8-6-9)22-4-2/h5-8H,3-4H2,1-2H3,(H2,15,16,17). The summed E-state index contributed by atoms with van der Waals surface area (Å²) in [5.74, 6) is 1.22. The fourth-order valence-corrected chi connectivity index (χ4v) is 2.16. The second-order valence-electron chi connectivity index (χ2n) is 4.56. The summed E-state index contributed by atoms with van der Waals surface area (Å²) in [5.41, 5.74) is 0.702. The van der Waals surface area contributed by atoms with Gasteiger partial charge in [-0.2, -0.15) is 9.78 Å². The summed E-state index contributed by atoms with van der Waals surface area (Å²) in [7, 11) is 0. The maximum atomic E-state index is 12.6.